The summed E-state index contributed by atoms with van der Waals surface area (Å²) in [7, 11) is 4.61. The quantitative estimate of drug-likeness (QED) is 0.448. The number of ketones is 1. The molecule has 1 aliphatic carbocycles. The summed E-state index contributed by atoms with van der Waals surface area (Å²) < 4.78 is 22.0. The van der Waals surface area contributed by atoms with Gasteiger partial charge in [0.05, 0.1) is 32.4 Å². The van der Waals surface area contributed by atoms with E-state index in [1.165, 1.54) is 7.11 Å². The van der Waals surface area contributed by atoms with Gasteiger partial charge in [-0.05, 0) is 77.5 Å². The van der Waals surface area contributed by atoms with Crippen LogP contribution in [0.2, 0.25) is 0 Å². The number of allylic oxidation sites excluding steroid dienone is 2. The van der Waals surface area contributed by atoms with E-state index in [1.807, 2.05) is 18.2 Å². The number of ether oxygens (including phenoxy) is 4. The molecule has 8 nitrogen and oxygen atoms in total. The van der Waals surface area contributed by atoms with E-state index >= 15 is 0 Å². The fraction of sp³-hybridized carbons (Fsp3) is 0.393. The molecule has 0 bridgehead atoms. The van der Waals surface area contributed by atoms with Crippen LogP contribution in [0.25, 0.3) is 0 Å². The maximum atomic E-state index is 13.8. The van der Waals surface area contributed by atoms with Gasteiger partial charge in [0.25, 0.3) is 0 Å². The van der Waals surface area contributed by atoms with Gasteiger partial charge in [-0.15, -0.1) is 0 Å². The second kappa shape index (κ2) is 11.0. The van der Waals surface area contributed by atoms with Crippen molar-refractivity contribution in [2.45, 2.75) is 38.5 Å². The van der Waals surface area contributed by atoms with E-state index in [0.717, 1.165) is 5.56 Å². The smallest absolute Gasteiger partial charge is 0.315 e. The first kappa shape index (κ1) is 26.7. The molecule has 196 valence electrons. The molecule has 1 unspecified atom stereocenters. The average molecular weight is 572 g/mol. The normalized spacial score (nSPS) is 21.2. The minimum absolute atomic E-state index is 0.0576. The van der Waals surface area contributed by atoms with Gasteiger partial charge < -0.3 is 24.1 Å². The van der Waals surface area contributed by atoms with E-state index < -0.39 is 17.8 Å². The highest BCUT2D eigenvalue weighted by atomic mass is 79.9. The number of hydrogen-bond acceptors (Lipinski definition) is 8. The van der Waals surface area contributed by atoms with Gasteiger partial charge in [-0.3, -0.25) is 14.6 Å². The minimum atomic E-state index is -0.776. The highest BCUT2D eigenvalue weighted by Crippen LogP contribution is 2.49. The fourth-order valence-electron chi connectivity index (χ4n) is 5.23. The molecule has 0 fully saturated rings. The summed E-state index contributed by atoms with van der Waals surface area (Å²) in [4.78, 5) is 31.7. The Morgan fingerprint density at radius 3 is 2.35 bits per heavy atom. The summed E-state index contributed by atoms with van der Waals surface area (Å²) in [5, 5.41) is 10.4. The van der Waals surface area contributed by atoms with E-state index in [2.05, 4.69) is 15.9 Å². The van der Waals surface area contributed by atoms with Crippen LogP contribution in [-0.2, 0) is 14.3 Å². The van der Waals surface area contributed by atoms with E-state index in [0.29, 0.717) is 44.9 Å². The van der Waals surface area contributed by atoms with Crippen LogP contribution in [0.3, 0.4) is 0 Å². The van der Waals surface area contributed by atoms with Crippen molar-refractivity contribution < 1.29 is 33.6 Å². The first-order valence-corrected chi connectivity index (χ1v) is 12.8. The number of Topliss-reactive ketones (excluding diaryl/α,β-unsaturated/α-hetero) is 1. The SMILES string of the molecule is CCOC(=O)C1C(C)=NC2=C(C(=O)C[C@@H](c3ccc(OC)c(OC)c3)C2)[C@@H]1c1cc(Br)c(O)c(OC)c1. The van der Waals surface area contributed by atoms with Gasteiger partial charge in [0.15, 0.2) is 28.8 Å². The molecular formula is C28H30BrNO7. The molecule has 4 rings (SSSR count). The molecule has 2 aliphatic rings. The second-order valence-electron chi connectivity index (χ2n) is 9.02. The van der Waals surface area contributed by atoms with E-state index in [4.69, 9.17) is 23.9 Å². The molecule has 0 saturated carbocycles. The van der Waals surface area contributed by atoms with Crippen LogP contribution in [0.5, 0.6) is 23.0 Å². The second-order valence-corrected chi connectivity index (χ2v) is 9.87. The predicted molar refractivity (Wildman–Crippen MR) is 142 cm³/mol. The van der Waals surface area contributed by atoms with Gasteiger partial charge in [0.1, 0.15) is 5.92 Å². The van der Waals surface area contributed by atoms with Crippen molar-refractivity contribution in [2.75, 3.05) is 27.9 Å². The molecule has 0 saturated heterocycles. The number of halogens is 1. The number of phenols is 1. The standard InChI is InChI=1S/C28H30BrNO7/c1-6-37-28(33)24-14(2)30-19-10-16(15-7-8-21(34-3)22(12-15)35-4)11-20(31)26(19)25(24)17-9-18(29)27(32)23(13-17)36-5/h7-9,12-13,16,24-25,32H,6,10-11H2,1-5H3/t16-,24?,25+/m0/s1. The lowest BCUT2D eigenvalue weighted by Crippen LogP contribution is -2.38. The number of methoxy groups -OCH3 is 3. The van der Waals surface area contributed by atoms with E-state index in [-0.39, 0.29) is 36.2 Å². The summed E-state index contributed by atoms with van der Waals surface area (Å²) in [6.45, 7) is 3.74. The van der Waals surface area contributed by atoms with Crippen LogP contribution in [0, 0.1) is 5.92 Å². The monoisotopic (exact) mass is 571 g/mol. The number of phenolic OH excluding ortho intramolecular Hbond substituents is 1. The number of rotatable bonds is 7. The van der Waals surface area contributed by atoms with Crippen molar-refractivity contribution in [1.29, 1.82) is 0 Å². The van der Waals surface area contributed by atoms with Crippen molar-refractivity contribution in [1.82, 2.24) is 0 Å². The van der Waals surface area contributed by atoms with Crippen molar-refractivity contribution in [3.63, 3.8) is 0 Å². The molecule has 0 aromatic heterocycles. The molecule has 2 aromatic rings. The maximum absolute atomic E-state index is 13.8. The first-order chi connectivity index (χ1) is 17.7. The molecule has 1 aliphatic heterocycles. The number of esters is 1. The van der Waals surface area contributed by atoms with Gasteiger partial charge in [-0.1, -0.05) is 6.07 Å². The molecule has 3 atom stereocenters. The zero-order valence-electron chi connectivity index (χ0n) is 21.5. The van der Waals surface area contributed by atoms with Crippen LogP contribution < -0.4 is 14.2 Å². The van der Waals surface area contributed by atoms with Crippen LogP contribution in [0.15, 0.2) is 51.1 Å². The average Bonchev–Trinajstić information content (AvgIpc) is 2.88. The molecule has 2 aromatic carbocycles. The molecule has 9 heteroatoms. The predicted octanol–water partition coefficient (Wildman–Crippen LogP) is 5.32. The van der Waals surface area contributed by atoms with Gasteiger partial charge in [0.2, 0.25) is 0 Å². The highest BCUT2D eigenvalue weighted by molar-refractivity contribution is 9.10. The highest BCUT2D eigenvalue weighted by Gasteiger charge is 2.45. The van der Waals surface area contributed by atoms with E-state index in [9.17, 15) is 14.7 Å². The van der Waals surface area contributed by atoms with E-state index in [1.54, 1.807) is 40.2 Å². The van der Waals surface area contributed by atoms with Gasteiger partial charge in [-0.25, -0.2) is 0 Å². The Hall–Kier alpha value is -3.33. The molecule has 0 radical (unpaired) electrons. The summed E-state index contributed by atoms with van der Waals surface area (Å²) in [5.41, 5.74) is 3.33. The molecule has 0 amide bonds. The van der Waals surface area contributed by atoms with Gasteiger partial charge in [0, 0.05) is 29.3 Å². The molecule has 0 spiro atoms. The first-order valence-electron chi connectivity index (χ1n) is 12.0. The number of aromatic hydroxyl groups is 1. The Morgan fingerprint density at radius 2 is 1.70 bits per heavy atom. The van der Waals surface area contributed by atoms with Crippen molar-refractivity contribution in [3.8, 4) is 23.0 Å². The molecule has 37 heavy (non-hydrogen) atoms. The van der Waals surface area contributed by atoms with Crippen molar-refractivity contribution >= 4 is 33.4 Å². The lowest BCUT2D eigenvalue weighted by atomic mass is 9.69. The van der Waals surface area contributed by atoms with Gasteiger partial charge >= 0.3 is 5.97 Å². The Morgan fingerprint density at radius 1 is 1.03 bits per heavy atom. The number of benzene rings is 2. The lowest BCUT2D eigenvalue weighted by Gasteiger charge is -2.36. The molecule has 1 N–H and O–H groups in total. The zero-order valence-corrected chi connectivity index (χ0v) is 23.0. The lowest BCUT2D eigenvalue weighted by molar-refractivity contribution is -0.146. The van der Waals surface area contributed by atoms with Crippen molar-refractivity contribution in [3.05, 3.63) is 57.2 Å². The Kier molecular flexibility index (Phi) is 7.92. The number of carbonyl (C=O) groups excluding carboxylic acids is 2. The fourth-order valence-corrected chi connectivity index (χ4v) is 5.69. The zero-order chi connectivity index (χ0) is 26.9. The summed E-state index contributed by atoms with van der Waals surface area (Å²) >= 11 is 3.38. The Labute approximate surface area is 224 Å². The summed E-state index contributed by atoms with van der Waals surface area (Å²) in [6, 6.07) is 9.03. The van der Waals surface area contributed by atoms with Crippen LogP contribution in [-0.4, -0.2) is 50.5 Å². The third-order valence-corrected chi connectivity index (χ3v) is 7.54. The van der Waals surface area contributed by atoms with Gasteiger partial charge in [-0.2, -0.15) is 0 Å². The number of hydrogen-bond donors (Lipinski definition) is 1. The maximum Gasteiger partial charge on any atom is 0.315 e. The van der Waals surface area contributed by atoms with Crippen LogP contribution >= 0.6 is 15.9 Å². The largest absolute Gasteiger partial charge is 0.503 e. The number of nitrogens with zero attached hydrogens (tertiary/aromatic N) is 1. The third-order valence-electron chi connectivity index (χ3n) is 6.94. The Balaban J connectivity index is 1.83. The number of aliphatic imine (C=N–C) groups is 1. The Bertz CT molecular complexity index is 1300. The molecule has 1 heterocycles. The minimum Gasteiger partial charge on any atom is -0.503 e. The number of carbonyl (C=O) groups is 2. The molecular weight excluding hydrogens is 542 g/mol. The van der Waals surface area contributed by atoms with Crippen LogP contribution in [0.1, 0.15) is 49.7 Å². The summed E-state index contributed by atoms with van der Waals surface area (Å²) in [5.74, 6) is -0.654. The third kappa shape index (κ3) is 4.97. The van der Waals surface area contributed by atoms with Crippen LogP contribution in [0.4, 0.5) is 0 Å². The topological polar surface area (TPSA) is 104 Å². The van der Waals surface area contributed by atoms with Crippen molar-refractivity contribution in [2.24, 2.45) is 10.9 Å². The summed E-state index contributed by atoms with van der Waals surface area (Å²) in [6.07, 6.45) is 0.779.